The molecule has 0 fully saturated rings. The molecule has 4 N–H and O–H groups in total. The van der Waals surface area contributed by atoms with Gasteiger partial charge in [-0.3, -0.25) is 9.32 Å². The number of carbonyl (C=O) groups is 1. The normalized spacial score (nSPS) is 12.7. The number of phosphoric acid groups is 1. The zero-order chi connectivity index (χ0) is 22.2. The predicted molar refractivity (Wildman–Crippen MR) is 118 cm³/mol. The minimum absolute atomic E-state index is 0.251. The summed E-state index contributed by atoms with van der Waals surface area (Å²) in [6.45, 7) is 1.36. The van der Waals surface area contributed by atoms with E-state index in [0.717, 1.165) is 38.5 Å². The number of aryl methyl sites for hydroxylation is 2. The van der Waals surface area contributed by atoms with Gasteiger partial charge in [-0.1, -0.05) is 63.3 Å². The van der Waals surface area contributed by atoms with Gasteiger partial charge in [-0.25, -0.2) is 4.57 Å². The van der Waals surface area contributed by atoms with Crippen molar-refractivity contribution in [2.45, 2.75) is 83.6 Å². The van der Waals surface area contributed by atoms with Crippen LogP contribution in [0.25, 0.3) is 0 Å². The van der Waals surface area contributed by atoms with E-state index in [1.807, 2.05) is 0 Å². The summed E-state index contributed by atoms with van der Waals surface area (Å²) in [6, 6.07) is 8.02. The fourth-order valence-electron chi connectivity index (χ4n) is 3.29. The largest absolute Gasteiger partial charge is 0.469 e. The summed E-state index contributed by atoms with van der Waals surface area (Å²) >= 11 is 0. The minimum atomic E-state index is -4.61. The molecule has 0 aliphatic heterocycles. The van der Waals surface area contributed by atoms with E-state index >= 15 is 0 Å². The average molecular weight is 444 g/mol. The first kappa shape index (κ1) is 26.8. The molecule has 8 heteroatoms. The number of phosphoric ester groups is 1. The van der Waals surface area contributed by atoms with Crippen LogP contribution in [0.1, 0.15) is 75.8 Å². The highest BCUT2D eigenvalue weighted by atomic mass is 31.2. The average Bonchev–Trinajstić information content (AvgIpc) is 2.70. The fraction of sp³-hybridized carbons (Fsp3) is 0.682. The Bertz CT molecular complexity index is 648. The van der Waals surface area contributed by atoms with Gasteiger partial charge in [-0.05, 0) is 43.2 Å². The van der Waals surface area contributed by atoms with Crippen molar-refractivity contribution < 1.29 is 28.8 Å². The lowest BCUT2D eigenvalue weighted by atomic mass is 10.0. The smallest absolute Gasteiger partial charge is 0.394 e. The van der Waals surface area contributed by atoms with E-state index in [0.29, 0.717) is 6.42 Å². The summed E-state index contributed by atoms with van der Waals surface area (Å²) in [5.74, 6) is -0.251. The summed E-state index contributed by atoms with van der Waals surface area (Å²) in [5, 5.41) is 11.7. The highest BCUT2D eigenvalue weighted by Gasteiger charge is 2.19. The molecule has 0 saturated carbocycles. The van der Waals surface area contributed by atoms with Crippen LogP contribution in [0, 0.1) is 0 Å². The quantitative estimate of drug-likeness (QED) is 0.214. The van der Waals surface area contributed by atoms with Gasteiger partial charge in [0.2, 0.25) is 5.91 Å². The summed E-state index contributed by atoms with van der Waals surface area (Å²) < 4.78 is 15.0. The fourth-order valence-corrected chi connectivity index (χ4v) is 3.67. The van der Waals surface area contributed by atoms with Gasteiger partial charge >= 0.3 is 7.82 Å². The number of amides is 1. The number of carbonyl (C=O) groups excluding carboxylic acids is 1. The second-order valence-electron chi connectivity index (χ2n) is 7.78. The highest BCUT2D eigenvalue weighted by molar-refractivity contribution is 7.46. The van der Waals surface area contributed by atoms with Crippen molar-refractivity contribution in [2.24, 2.45) is 0 Å². The first-order valence-electron chi connectivity index (χ1n) is 11.0. The van der Waals surface area contributed by atoms with E-state index in [4.69, 9.17) is 14.9 Å². The zero-order valence-electron chi connectivity index (χ0n) is 18.1. The van der Waals surface area contributed by atoms with Crippen LogP contribution in [-0.4, -0.2) is 40.1 Å². The molecule has 0 bridgehead atoms. The number of benzene rings is 1. The molecule has 0 aromatic heterocycles. The summed E-state index contributed by atoms with van der Waals surface area (Å²) in [5.41, 5.74) is 2.79. The molecule has 0 saturated heterocycles. The number of hydrogen-bond acceptors (Lipinski definition) is 4. The SMILES string of the molecule is CCCCCCc1cccc(CCCCCCC(=O)N[C@H](CO)COP(=O)(O)O)c1. The standard InChI is InChI=1S/C22H38NO6P/c1-2-3-4-7-11-19-13-10-14-20(16-19)12-8-5-6-9-15-22(25)23-21(17-24)18-29-30(26,27)28/h10,13-14,16,21,24H,2-9,11-12,15,17-18H2,1H3,(H,23,25)(H2,26,27,28)/t21-/m1/s1. The van der Waals surface area contributed by atoms with Crippen LogP contribution in [0.2, 0.25) is 0 Å². The first-order chi connectivity index (χ1) is 14.3. The van der Waals surface area contributed by atoms with Crippen molar-refractivity contribution in [3.8, 4) is 0 Å². The van der Waals surface area contributed by atoms with Crippen molar-refractivity contribution in [3.63, 3.8) is 0 Å². The van der Waals surface area contributed by atoms with Gasteiger partial charge in [-0.2, -0.15) is 0 Å². The molecular formula is C22H38NO6P. The maximum atomic E-state index is 11.9. The molecule has 0 aliphatic carbocycles. The molecule has 1 atom stereocenters. The molecule has 0 unspecified atom stereocenters. The Labute approximate surface area is 180 Å². The number of aliphatic hydroxyl groups excluding tert-OH is 1. The second kappa shape index (κ2) is 15.5. The number of unbranched alkanes of at least 4 members (excludes halogenated alkanes) is 6. The van der Waals surface area contributed by atoms with Crippen LogP contribution in [0.4, 0.5) is 0 Å². The maximum Gasteiger partial charge on any atom is 0.469 e. The predicted octanol–water partition coefficient (Wildman–Crippen LogP) is 3.89. The van der Waals surface area contributed by atoms with Crippen LogP contribution in [-0.2, 0) is 26.7 Å². The second-order valence-corrected chi connectivity index (χ2v) is 9.02. The summed E-state index contributed by atoms with van der Waals surface area (Å²) in [4.78, 5) is 29.2. The van der Waals surface area contributed by atoms with Crippen molar-refractivity contribution in [3.05, 3.63) is 35.4 Å². The van der Waals surface area contributed by atoms with Gasteiger partial charge < -0.3 is 20.2 Å². The van der Waals surface area contributed by atoms with Crippen LogP contribution < -0.4 is 5.32 Å². The maximum absolute atomic E-state index is 11.9. The number of nitrogens with one attached hydrogen (secondary N) is 1. The van der Waals surface area contributed by atoms with Gasteiger partial charge in [0.25, 0.3) is 0 Å². The Morgan fingerprint density at radius 3 is 2.20 bits per heavy atom. The monoisotopic (exact) mass is 443 g/mol. The summed E-state index contributed by atoms with van der Waals surface area (Å²) in [7, 11) is -4.61. The van der Waals surface area contributed by atoms with E-state index in [1.165, 1.54) is 36.8 Å². The molecule has 7 nitrogen and oxygen atoms in total. The van der Waals surface area contributed by atoms with Crippen molar-refractivity contribution in [2.75, 3.05) is 13.2 Å². The number of hydrogen-bond donors (Lipinski definition) is 4. The topological polar surface area (TPSA) is 116 Å². The lowest BCUT2D eigenvalue weighted by molar-refractivity contribution is -0.122. The highest BCUT2D eigenvalue weighted by Crippen LogP contribution is 2.35. The van der Waals surface area contributed by atoms with Gasteiger partial charge in [0, 0.05) is 6.42 Å². The number of rotatable bonds is 17. The van der Waals surface area contributed by atoms with E-state index in [9.17, 15) is 9.36 Å². The van der Waals surface area contributed by atoms with Crippen molar-refractivity contribution in [1.82, 2.24) is 5.32 Å². The molecule has 0 aliphatic rings. The molecule has 1 aromatic carbocycles. The van der Waals surface area contributed by atoms with Crippen LogP contribution in [0.15, 0.2) is 24.3 Å². The van der Waals surface area contributed by atoms with Crippen molar-refractivity contribution in [1.29, 1.82) is 0 Å². The van der Waals surface area contributed by atoms with Crippen LogP contribution >= 0.6 is 7.82 Å². The Hall–Kier alpha value is -1.24. The Morgan fingerprint density at radius 2 is 1.63 bits per heavy atom. The van der Waals surface area contributed by atoms with Crippen LogP contribution in [0.3, 0.4) is 0 Å². The molecule has 0 heterocycles. The lowest BCUT2D eigenvalue weighted by Gasteiger charge is -2.16. The van der Waals surface area contributed by atoms with E-state index in [-0.39, 0.29) is 5.91 Å². The molecule has 1 rings (SSSR count). The third-order valence-corrected chi connectivity index (χ3v) is 5.44. The summed E-state index contributed by atoms with van der Waals surface area (Å²) in [6.07, 6.45) is 11.4. The Morgan fingerprint density at radius 1 is 1.03 bits per heavy atom. The van der Waals surface area contributed by atoms with Gasteiger partial charge in [0.15, 0.2) is 0 Å². The molecule has 1 aromatic rings. The van der Waals surface area contributed by atoms with Gasteiger partial charge in [-0.15, -0.1) is 0 Å². The van der Waals surface area contributed by atoms with Gasteiger partial charge in [0.05, 0.1) is 19.3 Å². The van der Waals surface area contributed by atoms with Crippen molar-refractivity contribution >= 4 is 13.7 Å². The lowest BCUT2D eigenvalue weighted by Crippen LogP contribution is -2.40. The molecule has 0 radical (unpaired) electrons. The number of aliphatic hydroxyl groups is 1. The van der Waals surface area contributed by atoms with E-state index in [1.54, 1.807) is 0 Å². The van der Waals surface area contributed by atoms with E-state index < -0.39 is 27.1 Å². The van der Waals surface area contributed by atoms with Crippen LogP contribution in [0.5, 0.6) is 0 Å². The van der Waals surface area contributed by atoms with E-state index in [2.05, 4.69) is 41.0 Å². The Kier molecular flexibility index (Phi) is 13.9. The van der Waals surface area contributed by atoms with Gasteiger partial charge in [0.1, 0.15) is 0 Å². The molecule has 0 spiro atoms. The third-order valence-electron chi connectivity index (χ3n) is 4.96. The molecular weight excluding hydrogens is 405 g/mol. The minimum Gasteiger partial charge on any atom is -0.394 e. The molecule has 172 valence electrons. The molecule has 30 heavy (non-hydrogen) atoms. The third kappa shape index (κ3) is 13.9. The Balaban J connectivity index is 2.16. The first-order valence-corrected chi connectivity index (χ1v) is 12.5. The zero-order valence-corrected chi connectivity index (χ0v) is 19.0. The molecule has 1 amide bonds.